The molecule has 9 heavy (non-hydrogen) atoms. The van der Waals surface area contributed by atoms with Gasteiger partial charge in [0.15, 0.2) is 0 Å². The van der Waals surface area contributed by atoms with E-state index in [1.165, 1.54) is 5.57 Å². The number of allylic oxidation sites excluding steroid dienone is 5. The Labute approximate surface area is 57.6 Å². The Balaban J connectivity index is 3.93. The van der Waals surface area contributed by atoms with Gasteiger partial charge in [-0.3, -0.25) is 0 Å². The molecule has 0 spiro atoms. The van der Waals surface area contributed by atoms with Crippen molar-refractivity contribution in [3.63, 3.8) is 0 Å². The van der Waals surface area contributed by atoms with E-state index >= 15 is 0 Å². The van der Waals surface area contributed by atoms with Gasteiger partial charge >= 0.3 is 0 Å². The molecule has 0 heterocycles. The van der Waals surface area contributed by atoms with E-state index in [-0.39, 0.29) is 0 Å². The molecule has 0 amide bonds. The van der Waals surface area contributed by atoms with Gasteiger partial charge in [0.05, 0.1) is 0 Å². The topological polar surface area (TPSA) is 0 Å². The third-order valence-corrected chi connectivity index (χ3v) is 0.855. The van der Waals surface area contributed by atoms with Gasteiger partial charge < -0.3 is 0 Å². The first kappa shape index (κ1) is 8.22. The average molecular weight is 122 g/mol. The molecule has 0 nitrogen and oxygen atoms in total. The van der Waals surface area contributed by atoms with Crippen molar-refractivity contribution in [2.75, 3.05) is 0 Å². The molecule has 0 aromatic rings. The lowest BCUT2D eigenvalue weighted by Crippen LogP contribution is -1.68. The van der Waals surface area contributed by atoms with E-state index in [1.807, 2.05) is 19.1 Å². The summed E-state index contributed by atoms with van der Waals surface area (Å²) in [5, 5.41) is 0. The van der Waals surface area contributed by atoms with E-state index < -0.39 is 0 Å². The van der Waals surface area contributed by atoms with Crippen molar-refractivity contribution in [3.05, 3.63) is 36.0 Å². The van der Waals surface area contributed by atoms with Crippen LogP contribution in [0.2, 0.25) is 0 Å². The first-order valence-electron chi connectivity index (χ1n) is 3.13. The summed E-state index contributed by atoms with van der Waals surface area (Å²) < 4.78 is 0. The van der Waals surface area contributed by atoms with E-state index in [9.17, 15) is 0 Å². The van der Waals surface area contributed by atoms with Crippen LogP contribution in [-0.4, -0.2) is 0 Å². The normalized spacial score (nSPS) is 9.67. The Hall–Kier alpha value is -0.780. The van der Waals surface area contributed by atoms with Crippen molar-refractivity contribution in [1.29, 1.82) is 0 Å². The van der Waals surface area contributed by atoms with Crippen LogP contribution in [0.4, 0.5) is 0 Å². The van der Waals surface area contributed by atoms with Gasteiger partial charge in [-0.05, 0) is 26.3 Å². The zero-order valence-electron chi connectivity index (χ0n) is 6.44. The summed E-state index contributed by atoms with van der Waals surface area (Å²) in [7, 11) is 0. The Morgan fingerprint density at radius 2 is 1.89 bits per heavy atom. The van der Waals surface area contributed by atoms with Gasteiger partial charge in [-0.1, -0.05) is 30.4 Å². The Bertz CT molecular complexity index is 143. The van der Waals surface area contributed by atoms with Gasteiger partial charge in [0, 0.05) is 0 Å². The van der Waals surface area contributed by atoms with Crippen LogP contribution in [0, 0.1) is 0 Å². The lowest BCUT2D eigenvalue weighted by atomic mass is 10.2. The van der Waals surface area contributed by atoms with Crippen molar-refractivity contribution in [2.45, 2.75) is 20.8 Å². The van der Waals surface area contributed by atoms with Crippen molar-refractivity contribution < 1.29 is 0 Å². The molecule has 0 heteroatoms. The summed E-state index contributed by atoms with van der Waals surface area (Å²) in [6, 6.07) is 0. The minimum Gasteiger partial charge on any atom is -0.0918 e. The molecule has 50 valence electrons. The molecule has 0 saturated heterocycles. The summed E-state index contributed by atoms with van der Waals surface area (Å²) in [5.74, 6) is 0. The van der Waals surface area contributed by atoms with Crippen molar-refractivity contribution in [3.8, 4) is 0 Å². The molecular weight excluding hydrogens is 108 g/mol. The molecule has 0 aromatic heterocycles. The van der Waals surface area contributed by atoms with E-state index in [1.54, 1.807) is 0 Å². The Kier molecular flexibility index (Phi) is 3.78. The van der Waals surface area contributed by atoms with Gasteiger partial charge in [0.1, 0.15) is 0 Å². The molecule has 0 fully saturated rings. The second kappa shape index (κ2) is 4.13. The molecule has 0 N–H and O–H groups in total. The minimum atomic E-state index is 1.07. The van der Waals surface area contributed by atoms with Crippen LogP contribution < -0.4 is 0 Å². The standard InChI is InChI=1S/C9H14/c1-5-6-9(4)7-8(2)3/h5-7H,4H2,1-3H3. The predicted octanol–water partition coefficient (Wildman–Crippen LogP) is 3.08. The zero-order valence-corrected chi connectivity index (χ0v) is 6.44. The maximum atomic E-state index is 3.82. The molecule has 0 unspecified atom stereocenters. The summed E-state index contributed by atoms with van der Waals surface area (Å²) in [6.07, 6.45) is 6.04. The molecule has 0 atom stereocenters. The maximum absolute atomic E-state index is 3.82. The number of rotatable bonds is 2. The molecule has 0 radical (unpaired) electrons. The number of hydrogen-bond donors (Lipinski definition) is 0. The smallest absolute Gasteiger partial charge is 0.0333 e. The van der Waals surface area contributed by atoms with Gasteiger partial charge in [0.2, 0.25) is 0 Å². The molecule has 0 aliphatic carbocycles. The first-order valence-corrected chi connectivity index (χ1v) is 3.13. The van der Waals surface area contributed by atoms with Crippen LogP contribution in [0.3, 0.4) is 0 Å². The quantitative estimate of drug-likeness (QED) is 0.494. The highest BCUT2D eigenvalue weighted by molar-refractivity contribution is 5.28. The predicted molar refractivity (Wildman–Crippen MR) is 43.4 cm³/mol. The summed E-state index contributed by atoms with van der Waals surface area (Å²) in [6.45, 7) is 9.94. The SMILES string of the molecule is C=C(C=CC)C=C(C)C. The molecule has 0 aliphatic heterocycles. The first-order chi connectivity index (χ1) is 4.16. The third-order valence-electron chi connectivity index (χ3n) is 0.855. The number of hydrogen-bond acceptors (Lipinski definition) is 0. The summed E-state index contributed by atoms with van der Waals surface area (Å²) >= 11 is 0. The van der Waals surface area contributed by atoms with Crippen molar-refractivity contribution in [1.82, 2.24) is 0 Å². The second-order valence-corrected chi connectivity index (χ2v) is 2.30. The summed E-state index contributed by atoms with van der Waals surface area (Å²) in [5.41, 5.74) is 2.36. The molecule has 0 rings (SSSR count). The van der Waals surface area contributed by atoms with Crippen LogP contribution in [0.25, 0.3) is 0 Å². The molecule has 0 aliphatic rings. The van der Waals surface area contributed by atoms with Crippen molar-refractivity contribution in [2.24, 2.45) is 0 Å². The maximum Gasteiger partial charge on any atom is -0.0333 e. The highest BCUT2D eigenvalue weighted by Gasteiger charge is 1.78. The van der Waals surface area contributed by atoms with Gasteiger partial charge in [0.25, 0.3) is 0 Å². The monoisotopic (exact) mass is 122 g/mol. The van der Waals surface area contributed by atoms with Crippen LogP contribution in [0.1, 0.15) is 20.8 Å². The van der Waals surface area contributed by atoms with E-state index in [2.05, 4.69) is 26.5 Å². The van der Waals surface area contributed by atoms with Crippen LogP contribution in [0.5, 0.6) is 0 Å². The highest BCUT2D eigenvalue weighted by atomic mass is 13.8. The van der Waals surface area contributed by atoms with Crippen LogP contribution in [0.15, 0.2) is 36.0 Å². The van der Waals surface area contributed by atoms with Gasteiger partial charge in [-0.15, -0.1) is 0 Å². The summed E-state index contributed by atoms with van der Waals surface area (Å²) in [4.78, 5) is 0. The van der Waals surface area contributed by atoms with E-state index in [0.717, 1.165) is 5.57 Å². The lowest BCUT2D eigenvalue weighted by molar-refractivity contribution is 1.38. The highest BCUT2D eigenvalue weighted by Crippen LogP contribution is 1.99. The fraction of sp³-hybridized carbons (Fsp3) is 0.333. The van der Waals surface area contributed by atoms with E-state index in [4.69, 9.17) is 0 Å². The fourth-order valence-electron chi connectivity index (χ4n) is 0.633. The second-order valence-electron chi connectivity index (χ2n) is 2.30. The van der Waals surface area contributed by atoms with Crippen molar-refractivity contribution >= 4 is 0 Å². The molecule has 0 aromatic carbocycles. The van der Waals surface area contributed by atoms with Gasteiger partial charge in [-0.25, -0.2) is 0 Å². The largest absolute Gasteiger partial charge is 0.0918 e. The van der Waals surface area contributed by atoms with Crippen LogP contribution >= 0.6 is 0 Å². The zero-order chi connectivity index (χ0) is 7.28. The minimum absolute atomic E-state index is 1.07. The average Bonchev–Trinajstić information content (AvgIpc) is 1.63. The fourth-order valence-corrected chi connectivity index (χ4v) is 0.633. The third kappa shape index (κ3) is 5.09. The Morgan fingerprint density at radius 1 is 1.33 bits per heavy atom. The molecular formula is C9H14. The van der Waals surface area contributed by atoms with Crippen LogP contribution in [-0.2, 0) is 0 Å². The molecule has 0 bridgehead atoms. The lowest BCUT2D eigenvalue weighted by Gasteiger charge is -1.89. The van der Waals surface area contributed by atoms with E-state index in [0.29, 0.717) is 0 Å². The Morgan fingerprint density at radius 3 is 2.22 bits per heavy atom. The molecule has 0 saturated carbocycles. The van der Waals surface area contributed by atoms with Gasteiger partial charge in [-0.2, -0.15) is 0 Å².